The van der Waals surface area contributed by atoms with Crippen LogP contribution in [0.1, 0.15) is 37.9 Å². The Morgan fingerprint density at radius 3 is 2.63 bits per heavy atom. The van der Waals surface area contributed by atoms with Gasteiger partial charge < -0.3 is 15.5 Å². The summed E-state index contributed by atoms with van der Waals surface area (Å²) in [7, 11) is 0. The summed E-state index contributed by atoms with van der Waals surface area (Å²) >= 11 is 0. The van der Waals surface area contributed by atoms with E-state index in [-0.39, 0.29) is 0 Å². The highest BCUT2D eigenvalue weighted by Gasteiger charge is 2.53. The lowest BCUT2D eigenvalue weighted by Gasteiger charge is -2.32. The van der Waals surface area contributed by atoms with Crippen LogP contribution in [0.4, 0.5) is 0 Å². The number of fused-ring (bicyclic) bond motifs is 6. The van der Waals surface area contributed by atoms with E-state index in [1.54, 1.807) is 0 Å². The van der Waals surface area contributed by atoms with Crippen LogP contribution in [-0.4, -0.2) is 42.8 Å². The molecule has 5 rings (SSSR count). The van der Waals surface area contributed by atoms with Crippen molar-refractivity contribution in [1.82, 2.24) is 19.9 Å². The molecule has 0 amide bonds. The normalized spacial score (nSPS) is 30.7. The molecular formula is C19H24N4O4. The number of hydrogen-bond donors (Lipinski definition) is 3. The number of nitrogens with one attached hydrogen (secondary N) is 1. The Labute approximate surface area is 156 Å². The van der Waals surface area contributed by atoms with Gasteiger partial charge in [-0.25, -0.2) is 9.59 Å². The zero-order chi connectivity index (χ0) is 19.0. The molecule has 3 fully saturated rings. The molecule has 2 aromatic rings. The zero-order valence-corrected chi connectivity index (χ0v) is 15.0. The second-order valence-corrected chi connectivity index (χ2v) is 7.80. The van der Waals surface area contributed by atoms with Crippen LogP contribution < -0.4 is 5.32 Å². The van der Waals surface area contributed by atoms with Gasteiger partial charge in [-0.3, -0.25) is 4.40 Å². The number of hydrogen-bond acceptors (Lipinski definition) is 5. The number of nitrogens with zero attached hydrogens (tertiary/aromatic N) is 3. The van der Waals surface area contributed by atoms with Gasteiger partial charge in [-0.15, -0.1) is 10.2 Å². The lowest BCUT2D eigenvalue weighted by Crippen LogP contribution is -2.39. The molecule has 3 N–H and O–H groups in total. The first-order chi connectivity index (χ1) is 13.0. The number of carboxylic acids is 2. The van der Waals surface area contributed by atoms with Gasteiger partial charge in [-0.2, -0.15) is 0 Å². The highest BCUT2D eigenvalue weighted by molar-refractivity contribution is 6.27. The predicted octanol–water partition coefficient (Wildman–Crippen LogP) is 1.80. The lowest BCUT2D eigenvalue weighted by atomic mass is 9.79. The number of aromatic nitrogens is 3. The summed E-state index contributed by atoms with van der Waals surface area (Å²) in [6, 6.07) is 6.78. The summed E-state index contributed by atoms with van der Waals surface area (Å²) in [6.07, 6.45) is 9.39. The zero-order valence-electron chi connectivity index (χ0n) is 15.0. The van der Waals surface area contributed by atoms with E-state index >= 15 is 0 Å². The van der Waals surface area contributed by atoms with Crippen molar-refractivity contribution >= 4 is 17.6 Å². The minimum atomic E-state index is -1.82. The monoisotopic (exact) mass is 372 g/mol. The standard InChI is InChI=1S/C17H22N4.C2H2O4/c1-2-7-21-16(6-1)19-20-17(21)10-18-15-9-11-8-14(15)13-5-3-4-12(11)13;3-1(4)2(5)6/h1-2,6-7,11-15,18H,3-5,8-10H2;(H,3,4)(H,5,6). The fourth-order valence-electron chi connectivity index (χ4n) is 5.54. The van der Waals surface area contributed by atoms with Crippen LogP contribution in [0.15, 0.2) is 24.4 Å². The van der Waals surface area contributed by atoms with E-state index in [4.69, 9.17) is 19.8 Å². The molecule has 8 nitrogen and oxygen atoms in total. The van der Waals surface area contributed by atoms with Gasteiger partial charge in [-0.1, -0.05) is 12.5 Å². The summed E-state index contributed by atoms with van der Waals surface area (Å²) < 4.78 is 2.10. The van der Waals surface area contributed by atoms with Crippen LogP contribution in [0.25, 0.3) is 5.65 Å². The Morgan fingerprint density at radius 2 is 1.85 bits per heavy atom. The van der Waals surface area contributed by atoms with Crippen molar-refractivity contribution in [2.45, 2.75) is 44.7 Å². The molecule has 3 aliphatic rings. The van der Waals surface area contributed by atoms with E-state index in [0.29, 0.717) is 6.04 Å². The molecule has 0 aliphatic heterocycles. The van der Waals surface area contributed by atoms with Gasteiger partial charge >= 0.3 is 11.9 Å². The second-order valence-electron chi connectivity index (χ2n) is 7.80. The van der Waals surface area contributed by atoms with Gasteiger partial charge in [0.25, 0.3) is 0 Å². The summed E-state index contributed by atoms with van der Waals surface area (Å²) in [6.45, 7) is 0.844. The van der Waals surface area contributed by atoms with Crippen molar-refractivity contribution in [2.24, 2.45) is 23.7 Å². The fourth-order valence-corrected chi connectivity index (χ4v) is 5.54. The van der Waals surface area contributed by atoms with Gasteiger partial charge in [0, 0.05) is 12.2 Å². The second kappa shape index (κ2) is 7.26. The Morgan fingerprint density at radius 1 is 1.07 bits per heavy atom. The third-order valence-corrected chi connectivity index (χ3v) is 6.52. The van der Waals surface area contributed by atoms with Crippen LogP contribution in [-0.2, 0) is 16.1 Å². The van der Waals surface area contributed by atoms with Gasteiger partial charge in [0.05, 0.1) is 6.54 Å². The van der Waals surface area contributed by atoms with Crippen LogP contribution >= 0.6 is 0 Å². The average Bonchev–Trinajstić information content (AvgIpc) is 3.41. The number of rotatable bonds is 3. The fraction of sp³-hybridized carbons (Fsp3) is 0.579. The van der Waals surface area contributed by atoms with Crippen molar-refractivity contribution in [3.8, 4) is 0 Å². The Bertz CT molecular complexity index is 839. The third-order valence-electron chi connectivity index (χ3n) is 6.52. The SMILES string of the molecule is O=C(O)C(=O)O.c1ccn2c(CNC3CC4CC3C3CCCC43)nnc2c1. The minimum absolute atomic E-state index is 0.713. The molecule has 0 saturated heterocycles. The molecule has 2 aromatic heterocycles. The van der Waals surface area contributed by atoms with Gasteiger partial charge in [0.2, 0.25) is 0 Å². The number of pyridine rings is 1. The van der Waals surface area contributed by atoms with E-state index in [2.05, 4.69) is 26.1 Å². The van der Waals surface area contributed by atoms with E-state index in [1.165, 1.54) is 32.1 Å². The lowest BCUT2D eigenvalue weighted by molar-refractivity contribution is -0.159. The maximum atomic E-state index is 9.10. The smallest absolute Gasteiger partial charge is 0.414 e. The molecular weight excluding hydrogens is 348 g/mol. The van der Waals surface area contributed by atoms with E-state index < -0.39 is 11.9 Å². The molecule has 3 saturated carbocycles. The van der Waals surface area contributed by atoms with Crippen LogP contribution in [0.2, 0.25) is 0 Å². The summed E-state index contributed by atoms with van der Waals surface area (Å²) in [4.78, 5) is 18.2. The molecule has 0 radical (unpaired) electrons. The van der Waals surface area contributed by atoms with E-state index in [0.717, 1.165) is 41.7 Å². The van der Waals surface area contributed by atoms with Crippen molar-refractivity contribution in [2.75, 3.05) is 0 Å². The quantitative estimate of drug-likeness (QED) is 0.703. The molecule has 27 heavy (non-hydrogen) atoms. The number of carboxylic acid groups (broad SMARTS) is 2. The molecule has 3 aliphatic carbocycles. The molecule has 144 valence electrons. The molecule has 0 aromatic carbocycles. The minimum Gasteiger partial charge on any atom is -0.473 e. The largest absolute Gasteiger partial charge is 0.473 e. The van der Waals surface area contributed by atoms with Crippen molar-refractivity contribution in [3.05, 3.63) is 30.2 Å². The maximum Gasteiger partial charge on any atom is 0.414 e. The third kappa shape index (κ3) is 3.41. The number of aliphatic carboxylic acids is 2. The summed E-state index contributed by atoms with van der Waals surface area (Å²) in [5.74, 6) is 1.43. The maximum absolute atomic E-state index is 9.10. The van der Waals surface area contributed by atoms with Crippen molar-refractivity contribution < 1.29 is 19.8 Å². The molecule has 5 atom stereocenters. The summed E-state index contributed by atoms with van der Waals surface area (Å²) in [5, 5.41) is 27.2. The predicted molar refractivity (Wildman–Crippen MR) is 95.9 cm³/mol. The first-order valence-electron chi connectivity index (χ1n) is 9.53. The van der Waals surface area contributed by atoms with Crippen molar-refractivity contribution in [3.63, 3.8) is 0 Å². The molecule has 8 heteroatoms. The topological polar surface area (TPSA) is 117 Å². The number of carbonyl (C=O) groups is 2. The van der Waals surface area contributed by atoms with Crippen LogP contribution in [0, 0.1) is 23.7 Å². The highest BCUT2D eigenvalue weighted by atomic mass is 16.4. The van der Waals surface area contributed by atoms with E-state index in [1.807, 2.05) is 18.2 Å². The average molecular weight is 372 g/mol. The Hall–Kier alpha value is -2.48. The molecule has 2 heterocycles. The molecule has 5 unspecified atom stereocenters. The van der Waals surface area contributed by atoms with Crippen LogP contribution in [0.5, 0.6) is 0 Å². The first kappa shape index (κ1) is 17.9. The van der Waals surface area contributed by atoms with Gasteiger partial charge in [0.15, 0.2) is 11.5 Å². The molecule has 0 spiro atoms. The Kier molecular flexibility index (Phi) is 4.82. The van der Waals surface area contributed by atoms with Crippen molar-refractivity contribution in [1.29, 1.82) is 0 Å². The van der Waals surface area contributed by atoms with Gasteiger partial charge in [-0.05, 0) is 61.5 Å². The van der Waals surface area contributed by atoms with E-state index in [9.17, 15) is 0 Å². The Balaban J connectivity index is 0.000000264. The summed E-state index contributed by atoms with van der Waals surface area (Å²) in [5.41, 5.74) is 0.943. The first-order valence-corrected chi connectivity index (χ1v) is 9.53. The van der Waals surface area contributed by atoms with Gasteiger partial charge in [0.1, 0.15) is 0 Å². The molecule has 2 bridgehead atoms. The van der Waals surface area contributed by atoms with Crippen LogP contribution in [0.3, 0.4) is 0 Å². The highest BCUT2D eigenvalue weighted by Crippen LogP contribution is 2.58.